The van der Waals surface area contributed by atoms with Gasteiger partial charge in [-0.05, 0) is 30.7 Å². The minimum absolute atomic E-state index is 0.0183. The van der Waals surface area contributed by atoms with Crippen LogP contribution in [0, 0.1) is 0 Å². The zero-order valence-electron chi connectivity index (χ0n) is 10.6. The molecule has 1 heterocycles. The van der Waals surface area contributed by atoms with Crippen LogP contribution in [0.15, 0.2) is 30.5 Å². The zero-order valence-corrected chi connectivity index (χ0v) is 11.4. The fraction of sp³-hybridized carbons (Fsp3) is 0.286. The fourth-order valence-electron chi connectivity index (χ4n) is 2.10. The Hall–Kier alpha value is -1.81. The number of hydrogen-bond acceptors (Lipinski definition) is 3. The SMILES string of the molecule is CCCN(CC(=O)O)c1ccnc2cc(Cl)ccc12. The number of carboxylic acid groups (broad SMARTS) is 1. The highest BCUT2D eigenvalue weighted by atomic mass is 35.5. The van der Waals surface area contributed by atoms with Gasteiger partial charge in [-0.1, -0.05) is 18.5 Å². The maximum atomic E-state index is 11.0. The third-order valence-electron chi connectivity index (χ3n) is 2.84. The van der Waals surface area contributed by atoms with Crippen LogP contribution in [-0.2, 0) is 4.79 Å². The quantitative estimate of drug-likeness (QED) is 0.913. The smallest absolute Gasteiger partial charge is 0.323 e. The molecule has 4 nitrogen and oxygen atoms in total. The van der Waals surface area contributed by atoms with E-state index in [0.717, 1.165) is 23.0 Å². The van der Waals surface area contributed by atoms with Crippen molar-refractivity contribution in [2.75, 3.05) is 18.0 Å². The largest absolute Gasteiger partial charge is 0.480 e. The van der Waals surface area contributed by atoms with E-state index >= 15 is 0 Å². The Bertz CT molecular complexity index is 601. The lowest BCUT2D eigenvalue weighted by molar-refractivity contribution is -0.135. The number of rotatable bonds is 5. The van der Waals surface area contributed by atoms with Gasteiger partial charge in [-0.3, -0.25) is 9.78 Å². The van der Waals surface area contributed by atoms with Gasteiger partial charge in [-0.25, -0.2) is 0 Å². The number of anilines is 1. The number of pyridine rings is 1. The Kier molecular flexibility index (Phi) is 4.22. The molecule has 0 aliphatic heterocycles. The molecule has 2 aromatic rings. The van der Waals surface area contributed by atoms with Gasteiger partial charge in [0, 0.05) is 28.8 Å². The molecule has 0 atom stereocenters. The van der Waals surface area contributed by atoms with Crippen molar-refractivity contribution in [2.45, 2.75) is 13.3 Å². The molecule has 0 aliphatic rings. The molecular formula is C14H15ClN2O2. The van der Waals surface area contributed by atoms with Crippen molar-refractivity contribution >= 4 is 34.2 Å². The number of aliphatic carboxylic acids is 1. The number of carbonyl (C=O) groups is 1. The first kappa shape index (κ1) is 13.6. The highest BCUT2D eigenvalue weighted by Crippen LogP contribution is 2.27. The van der Waals surface area contributed by atoms with E-state index in [1.54, 1.807) is 18.3 Å². The van der Waals surface area contributed by atoms with E-state index < -0.39 is 5.97 Å². The Morgan fingerprint density at radius 2 is 2.21 bits per heavy atom. The fourth-order valence-corrected chi connectivity index (χ4v) is 2.27. The lowest BCUT2D eigenvalue weighted by Gasteiger charge is -2.23. The van der Waals surface area contributed by atoms with Gasteiger partial charge in [-0.2, -0.15) is 0 Å². The maximum Gasteiger partial charge on any atom is 0.323 e. The van der Waals surface area contributed by atoms with Gasteiger partial charge in [-0.15, -0.1) is 0 Å². The molecule has 0 aliphatic carbocycles. The second kappa shape index (κ2) is 5.89. The van der Waals surface area contributed by atoms with Crippen LogP contribution in [0.25, 0.3) is 10.9 Å². The number of halogens is 1. The number of aromatic nitrogens is 1. The summed E-state index contributed by atoms with van der Waals surface area (Å²) in [6.07, 6.45) is 2.56. The second-order valence-electron chi connectivity index (χ2n) is 4.31. The molecule has 0 saturated carbocycles. The summed E-state index contributed by atoms with van der Waals surface area (Å²) in [6, 6.07) is 7.30. The third kappa shape index (κ3) is 3.15. The molecule has 0 radical (unpaired) electrons. The van der Waals surface area contributed by atoms with Crippen molar-refractivity contribution in [3.05, 3.63) is 35.5 Å². The van der Waals surface area contributed by atoms with Crippen molar-refractivity contribution in [3.8, 4) is 0 Å². The van der Waals surface area contributed by atoms with Crippen molar-refractivity contribution in [3.63, 3.8) is 0 Å². The van der Waals surface area contributed by atoms with Gasteiger partial charge in [0.05, 0.1) is 5.52 Å². The molecule has 1 aromatic heterocycles. The molecular weight excluding hydrogens is 264 g/mol. The van der Waals surface area contributed by atoms with Crippen molar-refractivity contribution in [1.29, 1.82) is 0 Å². The summed E-state index contributed by atoms with van der Waals surface area (Å²) in [7, 11) is 0. The molecule has 0 saturated heterocycles. The van der Waals surface area contributed by atoms with Crippen LogP contribution in [-0.4, -0.2) is 29.1 Å². The molecule has 1 N–H and O–H groups in total. The normalized spacial score (nSPS) is 10.6. The van der Waals surface area contributed by atoms with Crippen molar-refractivity contribution in [1.82, 2.24) is 4.98 Å². The van der Waals surface area contributed by atoms with Gasteiger partial charge >= 0.3 is 5.97 Å². The Labute approximate surface area is 116 Å². The van der Waals surface area contributed by atoms with E-state index in [1.807, 2.05) is 24.0 Å². The van der Waals surface area contributed by atoms with Crippen LogP contribution in [0.3, 0.4) is 0 Å². The Morgan fingerprint density at radius 1 is 1.42 bits per heavy atom. The zero-order chi connectivity index (χ0) is 13.8. The third-order valence-corrected chi connectivity index (χ3v) is 3.08. The van der Waals surface area contributed by atoms with Crippen LogP contribution >= 0.6 is 11.6 Å². The number of nitrogens with zero attached hydrogens (tertiary/aromatic N) is 2. The highest BCUT2D eigenvalue weighted by molar-refractivity contribution is 6.31. The molecule has 0 bridgehead atoms. The van der Waals surface area contributed by atoms with E-state index in [1.165, 1.54) is 0 Å². The standard InChI is InChI=1S/C14H15ClN2O2/c1-2-7-17(9-14(18)19)13-5-6-16-12-8-10(15)3-4-11(12)13/h3-6,8H,2,7,9H2,1H3,(H,18,19). The maximum absolute atomic E-state index is 11.0. The summed E-state index contributed by atoms with van der Waals surface area (Å²) < 4.78 is 0. The predicted octanol–water partition coefficient (Wildman–Crippen LogP) is 3.19. The number of carboxylic acids is 1. The van der Waals surface area contributed by atoms with E-state index in [9.17, 15) is 4.79 Å². The van der Waals surface area contributed by atoms with Gasteiger partial charge in [0.2, 0.25) is 0 Å². The molecule has 0 spiro atoms. The van der Waals surface area contributed by atoms with E-state index in [0.29, 0.717) is 11.6 Å². The lowest BCUT2D eigenvalue weighted by Crippen LogP contribution is -2.30. The molecule has 19 heavy (non-hydrogen) atoms. The molecule has 100 valence electrons. The van der Waals surface area contributed by atoms with Gasteiger partial charge < -0.3 is 10.0 Å². The van der Waals surface area contributed by atoms with Crippen molar-refractivity contribution in [2.24, 2.45) is 0 Å². The van der Waals surface area contributed by atoms with Crippen molar-refractivity contribution < 1.29 is 9.90 Å². The first-order valence-corrected chi connectivity index (χ1v) is 6.50. The second-order valence-corrected chi connectivity index (χ2v) is 4.74. The van der Waals surface area contributed by atoms with E-state index in [2.05, 4.69) is 4.98 Å². The van der Waals surface area contributed by atoms with Crippen LogP contribution in [0.5, 0.6) is 0 Å². The number of fused-ring (bicyclic) bond motifs is 1. The topological polar surface area (TPSA) is 53.4 Å². The minimum Gasteiger partial charge on any atom is -0.480 e. The summed E-state index contributed by atoms with van der Waals surface area (Å²) in [6.45, 7) is 2.69. The van der Waals surface area contributed by atoms with Crippen LogP contribution in [0.2, 0.25) is 5.02 Å². The van der Waals surface area contributed by atoms with Gasteiger partial charge in [0.25, 0.3) is 0 Å². The average molecular weight is 279 g/mol. The minimum atomic E-state index is -0.840. The number of benzene rings is 1. The van der Waals surface area contributed by atoms with Crippen LogP contribution in [0.1, 0.15) is 13.3 Å². The Balaban J connectivity index is 2.49. The van der Waals surface area contributed by atoms with E-state index in [-0.39, 0.29) is 6.54 Å². The molecule has 2 rings (SSSR count). The molecule has 5 heteroatoms. The highest BCUT2D eigenvalue weighted by Gasteiger charge is 2.13. The summed E-state index contributed by atoms with van der Waals surface area (Å²) >= 11 is 5.95. The molecule has 0 amide bonds. The molecule has 0 unspecified atom stereocenters. The Morgan fingerprint density at radius 3 is 2.89 bits per heavy atom. The van der Waals surface area contributed by atoms with E-state index in [4.69, 9.17) is 16.7 Å². The summed E-state index contributed by atoms with van der Waals surface area (Å²) in [5, 5.41) is 10.6. The lowest BCUT2D eigenvalue weighted by atomic mass is 10.1. The molecule has 0 fully saturated rings. The van der Waals surface area contributed by atoms with Gasteiger partial charge in [0.15, 0.2) is 0 Å². The number of hydrogen-bond donors (Lipinski definition) is 1. The predicted molar refractivity (Wildman–Crippen MR) is 76.9 cm³/mol. The van der Waals surface area contributed by atoms with Crippen LogP contribution in [0.4, 0.5) is 5.69 Å². The summed E-state index contributed by atoms with van der Waals surface area (Å²) in [5.74, 6) is -0.840. The summed E-state index contributed by atoms with van der Waals surface area (Å²) in [4.78, 5) is 17.1. The monoisotopic (exact) mass is 278 g/mol. The molecule has 1 aromatic carbocycles. The first-order chi connectivity index (χ1) is 9.11. The first-order valence-electron chi connectivity index (χ1n) is 6.13. The summed E-state index contributed by atoms with van der Waals surface area (Å²) in [5.41, 5.74) is 1.66. The van der Waals surface area contributed by atoms with Gasteiger partial charge in [0.1, 0.15) is 6.54 Å². The average Bonchev–Trinajstić information content (AvgIpc) is 2.36. The van der Waals surface area contributed by atoms with Crippen LogP contribution < -0.4 is 4.90 Å².